The van der Waals surface area contributed by atoms with Crippen molar-refractivity contribution in [1.82, 2.24) is 0 Å². The Bertz CT molecular complexity index is 921. The molecule has 0 bridgehead atoms. The molecule has 1 saturated carbocycles. The van der Waals surface area contributed by atoms with E-state index in [-0.39, 0.29) is 11.8 Å². The van der Waals surface area contributed by atoms with Crippen LogP contribution < -0.4 is 15.7 Å². The number of carboxylic acid groups (broad SMARTS) is 1. The van der Waals surface area contributed by atoms with Crippen LogP contribution in [0.5, 0.6) is 0 Å². The Morgan fingerprint density at radius 3 is 2.17 bits per heavy atom. The highest BCUT2D eigenvalue weighted by molar-refractivity contribution is 6.10. The highest BCUT2D eigenvalue weighted by atomic mass is 16.4. The van der Waals surface area contributed by atoms with Crippen molar-refractivity contribution in [2.45, 2.75) is 45.4 Å². The van der Waals surface area contributed by atoms with Gasteiger partial charge in [0, 0.05) is 23.5 Å². The van der Waals surface area contributed by atoms with Gasteiger partial charge in [-0.05, 0) is 48.6 Å². The van der Waals surface area contributed by atoms with Crippen molar-refractivity contribution in [3.05, 3.63) is 59.7 Å². The molecule has 0 saturated heterocycles. The molecular formula is C24H27N2O4-. The summed E-state index contributed by atoms with van der Waals surface area (Å²) in [6.07, 6.45) is 2.52. The summed E-state index contributed by atoms with van der Waals surface area (Å²) >= 11 is 0. The number of hydrogen-bond acceptors (Lipinski definition) is 4. The maximum Gasteiger partial charge on any atom is 0.257 e. The molecule has 2 aromatic rings. The third-order valence-electron chi connectivity index (χ3n) is 5.67. The average Bonchev–Trinajstić information content (AvgIpc) is 2.74. The van der Waals surface area contributed by atoms with E-state index in [0.717, 1.165) is 12.8 Å². The Hall–Kier alpha value is -3.15. The van der Waals surface area contributed by atoms with Gasteiger partial charge in [-0.2, -0.15) is 0 Å². The number of nitrogens with one attached hydrogen (secondary N) is 2. The minimum absolute atomic E-state index is 0.319. The van der Waals surface area contributed by atoms with Crippen LogP contribution in [0, 0.1) is 11.8 Å². The smallest absolute Gasteiger partial charge is 0.257 e. The SMILES string of the molecule is CC(C)c1ccc(NC(=O)c2ccccc2NC(=O)[C@@H]2CCCC[C@H]2C(=O)[O-])cc1. The molecule has 1 aliphatic carbocycles. The monoisotopic (exact) mass is 407 g/mol. The van der Waals surface area contributed by atoms with Gasteiger partial charge in [0.15, 0.2) is 0 Å². The van der Waals surface area contributed by atoms with Gasteiger partial charge >= 0.3 is 0 Å². The molecule has 6 heteroatoms. The minimum atomic E-state index is -1.19. The zero-order valence-electron chi connectivity index (χ0n) is 17.3. The maximum absolute atomic E-state index is 12.8. The van der Waals surface area contributed by atoms with E-state index in [1.165, 1.54) is 5.56 Å². The number of benzene rings is 2. The van der Waals surface area contributed by atoms with Crippen LogP contribution in [0.1, 0.15) is 61.4 Å². The fourth-order valence-corrected chi connectivity index (χ4v) is 3.89. The summed E-state index contributed by atoms with van der Waals surface area (Å²) in [6.45, 7) is 4.20. The molecule has 2 N–H and O–H groups in total. The summed E-state index contributed by atoms with van der Waals surface area (Å²) in [6, 6.07) is 14.4. The lowest BCUT2D eigenvalue weighted by Gasteiger charge is -2.31. The molecule has 2 atom stereocenters. The third kappa shape index (κ3) is 5.06. The van der Waals surface area contributed by atoms with Crippen molar-refractivity contribution in [3.8, 4) is 0 Å². The highest BCUT2D eigenvalue weighted by Gasteiger charge is 2.32. The van der Waals surface area contributed by atoms with Gasteiger partial charge in [-0.3, -0.25) is 9.59 Å². The lowest BCUT2D eigenvalue weighted by Crippen LogP contribution is -2.42. The Labute approximate surface area is 176 Å². The van der Waals surface area contributed by atoms with E-state index in [9.17, 15) is 19.5 Å². The second-order valence-corrected chi connectivity index (χ2v) is 8.08. The molecule has 158 valence electrons. The summed E-state index contributed by atoms with van der Waals surface area (Å²) in [5.74, 6) is -2.96. The number of carboxylic acids is 1. The van der Waals surface area contributed by atoms with Crippen molar-refractivity contribution in [1.29, 1.82) is 0 Å². The Balaban J connectivity index is 1.74. The molecule has 2 aromatic carbocycles. The lowest BCUT2D eigenvalue weighted by molar-refractivity contribution is -0.313. The molecular weight excluding hydrogens is 380 g/mol. The van der Waals surface area contributed by atoms with E-state index >= 15 is 0 Å². The largest absolute Gasteiger partial charge is 0.550 e. The fourth-order valence-electron chi connectivity index (χ4n) is 3.89. The normalized spacial score (nSPS) is 18.6. The van der Waals surface area contributed by atoms with Crippen molar-refractivity contribution >= 4 is 29.2 Å². The third-order valence-corrected chi connectivity index (χ3v) is 5.67. The van der Waals surface area contributed by atoms with Crippen LogP contribution in [0.4, 0.5) is 11.4 Å². The molecule has 0 spiro atoms. The van der Waals surface area contributed by atoms with Gasteiger partial charge in [-0.1, -0.05) is 51.0 Å². The van der Waals surface area contributed by atoms with E-state index in [1.807, 2.05) is 24.3 Å². The molecule has 6 nitrogen and oxygen atoms in total. The summed E-state index contributed by atoms with van der Waals surface area (Å²) in [4.78, 5) is 37.0. The van der Waals surface area contributed by atoms with Crippen LogP contribution >= 0.6 is 0 Å². The topological polar surface area (TPSA) is 98.3 Å². The number of rotatable bonds is 6. The van der Waals surface area contributed by atoms with E-state index < -0.39 is 17.8 Å². The predicted molar refractivity (Wildman–Crippen MR) is 114 cm³/mol. The zero-order chi connectivity index (χ0) is 21.7. The minimum Gasteiger partial charge on any atom is -0.550 e. The summed E-state index contributed by atoms with van der Waals surface area (Å²) in [5, 5.41) is 17.0. The quantitative estimate of drug-likeness (QED) is 0.765. The molecule has 0 aromatic heterocycles. The van der Waals surface area contributed by atoms with Crippen LogP contribution in [0.3, 0.4) is 0 Å². The second-order valence-electron chi connectivity index (χ2n) is 8.08. The number of amides is 2. The first-order valence-electron chi connectivity index (χ1n) is 10.4. The summed E-state index contributed by atoms with van der Waals surface area (Å²) in [5.41, 5.74) is 2.52. The van der Waals surface area contributed by atoms with Gasteiger partial charge in [0.25, 0.3) is 5.91 Å². The standard InChI is InChI=1S/C24H28N2O4/c1-15(2)16-11-13-17(14-12-16)25-23(28)20-9-5-6-10-21(20)26-22(27)18-7-3-4-8-19(18)24(29)30/h5-6,9-15,18-19H,3-4,7-8H2,1-2H3,(H,25,28)(H,26,27)(H,29,30)/p-1/t18-,19-/m1/s1. The van der Waals surface area contributed by atoms with Crippen molar-refractivity contribution in [3.63, 3.8) is 0 Å². The summed E-state index contributed by atoms with van der Waals surface area (Å²) in [7, 11) is 0. The Kier molecular flexibility index (Phi) is 6.87. The van der Waals surface area contributed by atoms with Crippen LogP contribution in [0.2, 0.25) is 0 Å². The van der Waals surface area contributed by atoms with E-state index in [4.69, 9.17) is 0 Å². The number of carbonyl (C=O) groups excluding carboxylic acids is 3. The van der Waals surface area contributed by atoms with Gasteiger partial charge in [-0.15, -0.1) is 0 Å². The number of para-hydroxylation sites is 1. The van der Waals surface area contributed by atoms with E-state index in [0.29, 0.717) is 35.7 Å². The lowest BCUT2D eigenvalue weighted by atomic mass is 9.78. The summed E-state index contributed by atoms with van der Waals surface area (Å²) < 4.78 is 0. The van der Waals surface area contributed by atoms with Crippen molar-refractivity contribution < 1.29 is 19.5 Å². The van der Waals surface area contributed by atoms with Gasteiger partial charge < -0.3 is 20.5 Å². The molecule has 1 aliphatic rings. The van der Waals surface area contributed by atoms with Crippen LogP contribution in [0.15, 0.2) is 48.5 Å². The van der Waals surface area contributed by atoms with Crippen LogP contribution in [0.25, 0.3) is 0 Å². The average molecular weight is 407 g/mol. The van der Waals surface area contributed by atoms with Gasteiger partial charge in [0.05, 0.1) is 11.3 Å². The molecule has 3 rings (SSSR count). The van der Waals surface area contributed by atoms with Gasteiger partial charge in [0.1, 0.15) is 0 Å². The zero-order valence-corrected chi connectivity index (χ0v) is 17.3. The maximum atomic E-state index is 12.8. The van der Waals surface area contributed by atoms with Gasteiger partial charge in [-0.25, -0.2) is 0 Å². The van der Waals surface area contributed by atoms with E-state index in [2.05, 4.69) is 24.5 Å². The number of carbonyl (C=O) groups is 3. The van der Waals surface area contributed by atoms with Crippen molar-refractivity contribution in [2.75, 3.05) is 10.6 Å². The van der Waals surface area contributed by atoms with Crippen molar-refractivity contribution in [2.24, 2.45) is 11.8 Å². The Morgan fingerprint density at radius 1 is 0.900 bits per heavy atom. The number of anilines is 2. The molecule has 30 heavy (non-hydrogen) atoms. The molecule has 2 amide bonds. The van der Waals surface area contributed by atoms with Crippen LogP contribution in [-0.2, 0) is 9.59 Å². The predicted octanol–water partition coefficient (Wildman–Crippen LogP) is 3.56. The molecule has 0 unspecified atom stereocenters. The highest BCUT2D eigenvalue weighted by Crippen LogP contribution is 2.31. The second kappa shape index (κ2) is 9.57. The first kappa shape index (κ1) is 21.6. The molecule has 0 heterocycles. The first-order chi connectivity index (χ1) is 14.4. The first-order valence-corrected chi connectivity index (χ1v) is 10.4. The van der Waals surface area contributed by atoms with E-state index in [1.54, 1.807) is 24.3 Å². The number of hydrogen-bond donors (Lipinski definition) is 2. The molecule has 1 fully saturated rings. The number of aliphatic carboxylic acids is 1. The van der Waals surface area contributed by atoms with Gasteiger partial charge in [0.2, 0.25) is 5.91 Å². The fraction of sp³-hybridized carbons (Fsp3) is 0.375. The van der Waals surface area contributed by atoms with Crippen LogP contribution in [-0.4, -0.2) is 17.8 Å². The molecule has 0 aliphatic heterocycles. The molecule has 0 radical (unpaired) electrons. The Morgan fingerprint density at radius 2 is 1.53 bits per heavy atom.